The molecule has 0 unspecified atom stereocenters. The Kier molecular flexibility index (Phi) is 4.59. The van der Waals surface area contributed by atoms with E-state index in [4.69, 9.17) is 4.74 Å². The molecule has 0 radical (unpaired) electrons. The van der Waals surface area contributed by atoms with Gasteiger partial charge in [0.25, 0.3) is 0 Å². The zero-order valence-electron chi connectivity index (χ0n) is 11.7. The molecule has 0 aromatic carbocycles. The highest BCUT2D eigenvalue weighted by Gasteiger charge is 2.44. The second-order valence-corrected chi connectivity index (χ2v) is 6.48. The normalized spacial score (nSPS) is 32.0. The fourth-order valence-electron chi connectivity index (χ4n) is 3.68. The van der Waals surface area contributed by atoms with Gasteiger partial charge in [0, 0.05) is 6.61 Å². The SMILES string of the molecule is BCCNCC[C@]1(B)CCOC2(CCCC2)C1. The van der Waals surface area contributed by atoms with Crippen LogP contribution in [-0.4, -0.2) is 41.0 Å². The van der Waals surface area contributed by atoms with E-state index < -0.39 is 0 Å². The zero-order valence-corrected chi connectivity index (χ0v) is 11.7. The minimum atomic E-state index is 0.276. The Hall–Kier alpha value is 0.0499. The van der Waals surface area contributed by atoms with Crippen molar-refractivity contribution >= 4 is 15.7 Å². The summed E-state index contributed by atoms with van der Waals surface area (Å²) >= 11 is 0. The molecule has 1 spiro atoms. The first-order valence-electron chi connectivity index (χ1n) is 7.53. The molecule has 17 heavy (non-hydrogen) atoms. The Morgan fingerprint density at radius 1 is 1.12 bits per heavy atom. The first-order valence-corrected chi connectivity index (χ1v) is 7.53. The van der Waals surface area contributed by atoms with Crippen molar-refractivity contribution < 1.29 is 4.74 Å². The van der Waals surface area contributed by atoms with Crippen molar-refractivity contribution in [2.24, 2.45) is 0 Å². The molecular formula is C13H27B2NO. The van der Waals surface area contributed by atoms with Crippen molar-refractivity contribution in [3.8, 4) is 0 Å². The average Bonchev–Trinajstić information content (AvgIpc) is 2.72. The molecule has 0 aromatic heterocycles. The Labute approximate surface area is 108 Å². The summed E-state index contributed by atoms with van der Waals surface area (Å²) in [6, 6.07) is 0. The lowest BCUT2D eigenvalue weighted by atomic mass is 9.58. The zero-order chi connectivity index (χ0) is 12.2. The van der Waals surface area contributed by atoms with Crippen molar-refractivity contribution in [1.29, 1.82) is 0 Å². The predicted molar refractivity (Wildman–Crippen MR) is 78.5 cm³/mol. The van der Waals surface area contributed by atoms with E-state index in [9.17, 15) is 0 Å². The minimum Gasteiger partial charge on any atom is -0.375 e. The number of nitrogens with one attached hydrogen (secondary N) is 1. The van der Waals surface area contributed by atoms with Gasteiger partial charge in [-0.2, -0.15) is 0 Å². The van der Waals surface area contributed by atoms with E-state index in [0.29, 0.717) is 5.31 Å². The second kappa shape index (κ2) is 5.79. The lowest BCUT2D eigenvalue weighted by Gasteiger charge is -2.45. The molecule has 1 aliphatic heterocycles. The Balaban J connectivity index is 1.82. The van der Waals surface area contributed by atoms with Crippen LogP contribution in [0.4, 0.5) is 0 Å². The summed E-state index contributed by atoms with van der Waals surface area (Å²) in [7, 11) is 4.71. The van der Waals surface area contributed by atoms with Gasteiger partial charge >= 0.3 is 0 Å². The molecule has 2 aliphatic rings. The van der Waals surface area contributed by atoms with Crippen LogP contribution in [0.1, 0.15) is 44.9 Å². The van der Waals surface area contributed by atoms with E-state index in [0.717, 1.165) is 13.2 Å². The van der Waals surface area contributed by atoms with E-state index in [-0.39, 0.29) is 5.60 Å². The van der Waals surface area contributed by atoms with Crippen LogP contribution >= 0.6 is 0 Å². The average molecular weight is 235 g/mol. The summed E-state index contributed by atoms with van der Waals surface area (Å²) in [5.74, 6) is 0. The lowest BCUT2D eigenvalue weighted by molar-refractivity contribution is -0.0890. The monoisotopic (exact) mass is 235 g/mol. The van der Waals surface area contributed by atoms with E-state index in [1.54, 1.807) is 0 Å². The molecule has 2 rings (SSSR count). The number of ether oxygens (including phenoxy) is 1. The van der Waals surface area contributed by atoms with Gasteiger partial charge in [-0.05, 0) is 45.2 Å². The summed E-state index contributed by atoms with van der Waals surface area (Å²) < 4.78 is 6.13. The fourth-order valence-corrected chi connectivity index (χ4v) is 3.68. The summed E-state index contributed by atoms with van der Waals surface area (Å²) in [5, 5.41) is 4.06. The molecule has 1 N–H and O–H groups in total. The van der Waals surface area contributed by atoms with Crippen LogP contribution in [0.15, 0.2) is 0 Å². The molecule has 1 saturated carbocycles. The molecule has 1 atom stereocenters. The number of hydrogen-bond donors (Lipinski definition) is 1. The molecule has 96 valence electrons. The van der Waals surface area contributed by atoms with Crippen molar-refractivity contribution in [2.45, 2.75) is 62.2 Å². The van der Waals surface area contributed by atoms with Crippen LogP contribution in [-0.2, 0) is 4.74 Å². The van der Waals surface area contributed by atoms with E-state index in [1.165, 1.54) is 57.8 Å². The van der Waals surface area contributed by atoms with Crippen LogP contribution in [0.5, 0.6) is 0 Å². The summed E-state index contributed by atoms with van der Waals surface area (Å²) in [4.78, 5) is 0. The van der Waals surface area contributed by atoms with Gasteiger partial charge in [-0.25, -0.2) is 0 Å². The summed E-state index contributed by atoms with van der Waals surface area (Å²) in [6.45, 7) is 3.34. The molecule has 0 aromatic rings. The van der Waals surface area contributed by atoms with Crippen LogP contribution in [0.3, 0.4) is 0 Å². The Morgan fingerprint density at radius 2 is 1.88 bits per heavy atom. The molecule has 0 bridgehead atoms. The molecule has 2 nitrogen and oxygen atoms in total. The maximum absolute atomic E-state index is 6.13. The van der Waals surface area contributed by atoms with Gasteiger partial charge in [-0.3, -0.25) is 0 Å². The molecule has 1 saturated heterocycles. The molecule has 0 amide bonds. The van der Waals surface area contributed by atoms with Crippen LogP contribution in [0.2, 0.25) is 11.6 Å². The molecule has 2 fully saturated rings. The predicted octanol–water partition coefficient (Wildman–Crippen LogP) is 0.932. The van der Waals surface area contributed by atoms with E-state index in [1.807, 2.05) is 0 Å². The van der Waals surface area contributed by atoms with Gasteiger partial charge in [-0.1, -0.05) is 24.5 Å². The summed E-state index contributed by atoms with van der Waals surface area (Å²) in [5.41, 5.74) is 0.276. The highest BCUT2D eigenvalue weighted by Crippen LogP contribution is 2.50. The van der Waals surface area contributed by atoms with Gasteiger partial charge in [-0.15, -0.1) is 0 Å². The lowest BCUT2D eigenvalue weighted by Crippen LogP contribution is -2.41. The van der Waals surface area contributed by atoms with Gasteiger partial charge in [0.15, 0.2) is 0 Å². The van der Waals surface area contributed by atoms with Crippen LogP contribution in [0, 0.1) is 0 Å². The highest BCUT2D eigenvalue weighted by molar-refractivity contribution is 6.15. The standard InChI is InChI=1S/C13H27B2NO/c14-7-9-16-8-5-12(15)6-10-17-13(11-12)3-1-2-4-13/h16H,1-11,14-15H2/t12-/m0/s1. The number of rotatable bonds is 5. The highest BCUT2D eigenvalue weighted by atomic mass is 16.5. The van der Waals surface area contributed by atoms with Crippen molar-refractivity contribution in [3.05, 3.63) is 0 Å². The van der Waals surface area contributed by atoms with Gasteiger partial charge in [0.1, 0.15) is 15.7 Å². The molecule has 1 heterocycles. The molecular weight excluding hydrogens is 208 g/mol. The fraction of sp³-hybridized carbons (Fsp3) is 1.00. The van der Waals surface area contributed by atoms with Crippen LogP contribution < -0.4 is 5.32 Å². The maximum atomic E-state index is 6.13. The van der Waals surface area contributed by atoms with Crippen molar-refractivity contribution in [1.82, 2.24) is 5.32 Å². The van der Waals surface area contributed by atoms with Crippen molar-refractivity contribution in [3.63, 3.8) is 0 Å². The third kappa shape index (κ3) is 3.51. The van der Waals surface area contributed by atoms with Gasteiger partial charge in [0.2, 0.25) is 0 Å². The topological polar surface area (TPSA) is 21.3 Å². The first-order chi connectivity index (χ1) is 8.18. The van der Waals surface area contributed by atoms with Crippen molar-refractivity contribution in [2.75, 3.05) is 19.7 Å². The van der Waals surface area contributed by atoms with E-state index in [2.05, 4.69) is 21.0 Å². The third-order valence-electron chi connectivity index (χ3n) is 4.71. The first kappa shape index (κ1) is 13.5. The van der Waals surface area contributed by atoms with Gasteiger partial charge < -0.3 is 10.1 Å². The van der Waals surface area contributed by atoms with Crippen LogP contribution in [0.25, 0.3) is 0 Å². The summed E-state index contributed by atoms with van der Waals surface area (Å²) in [6.07, 6.45) is 10.5. The quantitative estimate of drug-likeness (QED) is 0.565. The second-order valence-electron chi connectivity index (χ2n) is 6.48. The van der Waals surface area contributed by atoms with Gasteiger partial charge in [0.05, 0.1) is 5.60 Å². The third-order valence-corrected chi connectivity index (χ3v) is 4.71. The maximum Gasteiger partial charge on any atom is 0.109 e. The van der Waals surface area contributed by atoms with E-state index >= 15 is 0 Å². The Morgan fingerprint density at radius 3 is 2.59 bits per heavy atom. The smallest absolute Gasteiger partial charge is 0.109 e. The number of hydrogen-bond acceptors (Lipinski definition) is 2. The molecule has 1 aliphatic carbocycles. The molecule has 4 heteroatoms. The minimum absolute atomic E-state index is 0.276. The largest absolute Gasteiger partial charge is 0.375 e. The Bertz CT molecular complexity index is 244.